The highest BCUT2D eigenvalue weighted by Crippen LogP contribution is 2.33. The van der Waals surface area contributed by atoms with Gasteiger partial charge in [-0.15, -0.1) is 0 Å². The first-order valence-electron chi connectivity index (χ1n) is 7.88. The first-order valence-corrected chi connectivity index (χ1v) is 7.88. The number of nitrogens with one attached hydrogen (secondary N) is 2. The van der Waals surface area contributed by atoms with Gasteiger partial charge in [-0.25, -0.2) is 0 Å². The molecule has 0 aromatic rings. The van der Waals surface area contributed by atoms with Gasteiger partial charge in [0.15, 0.2) is 0 Å². The summed E-state index contributed by atoms with van der Waals surface area (Å²) in [4.78, 5) is 0. The predicted octanol–water partition coefficient (Wildman–Crippen LogP) is 2.31. The molecular formula is C15H30N2O. The summed E-state index contributed by atoms with van der Waals surface area (Å²) in [5.74, 6) is 0. The van der Waals surface area contributed by atoms with Crippen molar-refractivity contribution in [1.82, 2.24) is 10.6 Å². The van der Waals surface area contributed by atoms with Crippen LogP contribution in [0.2, 0.25) is 0 Å². The van der Waals surface area contributed by atoms with Gasteiger partial charge in [0.25, 0.3) is 0 Å². The molecule has 2 saturated heterocycles. The predicted molar refractivity (Wildman–Crippen MR) is 75.9 cm³/mol. The van der Waals surface area contributed by atoms with Crippen molar-refractivity contribution in [3.05, 3.63) is 0 Å². The minimum atomic E-state index is 0.535. The molecule has 2 fully saturated rings. The molecule has 1 atom stereocenters. The number of rotatable bonds is 7. The zero-order valence-corrected chi connectivity index (χ0v) is 12.0. The van der Waals surface area contributed by atoms with Crippen LogP contribution >= 0.6 is 0 Å². The van der Waals surface area contributed by atoms with Gasteiger partial charge in [0, 0.05) is 13.2 Å². The van der Waals surface area contributed by atoms with Crippen LogP contribution in [-0.2, 0) is 4.74 Å². The topological polar surface area (TPSA) is 33.3 Å². The van der Waals surface area contributed by atoms with E-state index >= 15 is 0 Å². The Kier molecular flexibility index (Phi) is 5.93. The zero-order valence-electron chi connectivity index (χ0n) is 12.0. The van der Waals surface area contributed by atoms with E-state index in [-0.39, 0.29) is 0 Å². The van der Waals surface area contributed by atoms with E-state index < -0.39 is 0 Å². The second kappa shape index (κ2) is 7.46. The van der Waals surface area contributed by atoms with E-state index in [2.05, 4.69) is 17.6 Å². The molecule has 2 aliphatic heterocycles. The molecule has 2 rings (SSSR count). The summed E-state index contributed by atoms with van der Waals surface area (Å²) in [6.45, 7) is 8.03. The van der Waals surface area contributed by atoms with Gasteiger partial charge >= 0.3 is 0 Å². The Balaban J connectivity index is 1.65. The Labute approximate surface area is 112 Å². The van der Waals surface area contributed by atoms with Crippen molar-refractivity contribution in [1.29, 1.82) is 0 Å². The van der Waals surface area contributed by atoms with E-state index in [1.807, 2.05) is 0 Å². The molecule has 0 aromatic carbocycles. The Bertz CT molecular complexity index is 215. The van der Waals surface area contributed by atoms with Crippen LogP contribution in [0.4, 0.5) is 0 Å². The van der Waals surface area contributed by atoms with E-state index in [1.165, 1.54) is 64.6 Å². The summed E-state index contributed by atoms with van der Waals surface area (Å²) in [6.07, 6.45) is 9.63. The largest absolute Gasteiger partial charge is 0.378 e. The average Bonchev–Trinajstić information content (AvgIpc) is 2.89. The average molecular weight is 254 g/mol. The summed E-state index contributed by atoms with van der Waals surface area (Å²) in [7, 11) is 0. The van der Waals surface area contributed by atoms with Gasteiger partial charge in [0.2, 0.25) is 0 Å². The fourth-order valence-corrected chi connectivity index (χ4v) is 3.49. The lowest BCUT2D eigenvalue weighted by atomic mass is 9.75. The first kappa shape index (κ1) is 14.3. The lowest BCUT2D eigenvalue weighted by Gasteiger charge is -2.38. The third-order valence-electron chi connectivity index (χ3n) is 4.61. The van der Waals surface area contributed by atoms with Gasteiger partial charge in [-0.1, -0.05) is 13.3 Å². The Morgan fingerprint density at radius 2 is 2.17 bits per heavy atom. The first-order chi connectivity index (χ1) is 8.85. The molecule has 0 saturated carbocycles. The molecule has 0 bridgehead atoms. The quantitative estimate of drug-likeness (QED) is 0.684. The molecule has 3 heteroatoms. The number of hydrogen-bond acceptors (Lipinski definition) is 3. The molecule has 0 radical (unpaired) electrons. The Morgan fingerprint density at radius 3 is 2.83 bits per heavy atom. The van der Waals surface area contributed by atoms with Gasteiger partial charge in [0.1, 0.15) is 0 Å². The molecule has 18 heavy (non-hydrogen) atoms. The number of piperidine rings is 1. The van der Waals surface area contributed by atoms with Gasteiger partial charge in [-0.05, 0) is 63.6 Å². The lowest BCUT2D eigenvalue weighted by molar-refractivity contribution is 0.102. The van der Waals surface area contributed by atoms with Crippen molar-refractivity contribution >= 4 is 0 Å². The molecule has 3 nitrogen and oxygen atoms in total. The van der Waals surface area contributed by atoms with Crippen LogP contribution in [0.3, 0.4) is 0 Å². The van der Waals surface area contributed by atoms with Gasteiger partial charge in [-0.3, -0.25) is 0 Å². The molecule has 2 aliphatic rings. The van der Waals surface area contributed by atoms with Crippen LogP contribution in [0.15, 0.2) is 0 Å². The SMILES string of the molecule is CCCC1(CNCCC2CCCO2)CCNCC1. The molecule has 0 amide bonds. The van der Waals surface area contributed by atoms with Gasteiger partial charge < -0.3 is 15.4 Å². The molecule has 0 aromatic heterocycles. The Hall–Kier alpha value is -0.120. The maximum Gasteiger partial charge on any atom is 0.0588 e. The normalized spacial score (nSPS) is 27.5. The van der Waals surface area contributed by atoms with E-state index in [1.54, 1.807) is 0 Å². The highest BCUT2D eigenvalue weighted by Gasteiger charge is 2.30. The second-order valence-electron chi connectivity index (χ2n) is 6.10. The van der Waals surface area contributed by atoms with Crippen LogP contribution < -0.4 is 10.6 Å². The van der Waals surface area contributed by atoms with E-state index in [4.69, 9.17) is 4.74 Å². The van der Waals surface area contributed by atoms with Crippen LogP contribution in [-0.4, -0.2) is 38.9 Å². The van der Waals surface area contributed by atoms with E-state index in [0.717, 1.165) is 13.2 Å². The lowest BCUT2D eigenvalue weighted by Crippen LogP contribution is -2.43. The van der Waals surface area contributed by atoms with Crippen molar-refractivity contribution in [2.45, 2.75) is 58.0 Å². The maximum absolute atomic E-state index is 5.67. The summed E-state index contributed by atoms with van der Waals surface area (Å²) in [6, 6.07) is 0. The Morgan fingerprint density at radius 1 is 1.33 bits per heavy atom. The summed E-state index contributed by atoms with van der Waals surface area (Å²) in [5.41, 5.74) is 0.566. The number of ether oxygens (including phenoxy) is 1. The molecule has 2 N–H and O–H groups in total. The third-order valence-corrected chi connectivity index (χ3v) is 4.61. The highest BCUT2D eigenvalue weighted by molar-refractivity contribution is 4.86. The van der Waals surface area contributed by atoms with Crippen LogP contribution in [0, 0.1) is 5.41 Å². The minimum Gasteiger partial charge on any atom is -0.378 e. The summed E-state index contributed by atoms with van der Waals surface area (Å²) < 4.78 is 5.67. The van der Waals surface area contributed by atoms with E-state index in [9.17, 15) is 0 Å². The standard InChI is InChI=1S/C15H30N2O/c1-2-6-15(7-10-16-11-8-15)13-17-9-5-14-4-3-12-18-14/h14,16-17H,2-13H2,1H3. The van der Waals surface area contributed by atoms with E-state index in [0.29, 0.717) is 11.5 Å². The van der Waals surface area contributed by atoms with Gasteiger partial charge in [-0.2, -0.15) is 0 Å². The zero-order chi connectivity index (χ0) is 12.7. The van der Waals surface area contributed by atoms with Crippen molar-refractivity contribution in [2.24, 2.45) is 5.41 Å². The van der Waals surface area contributed by atoms with Crippen LogP contribution in [0.5, 0.6) is 0 Å². The maximum atomic E-state index is 5.67. The molecular weight excluding hydrogens is 224 g/mol. The molecule has 2 heterocycles. The van der Waals surface area contributed by atoms with Crippen molar-refractivity contribution in [3.63, 3.8) is 0 Å². The molecule has 1 unspecified atom stereocenters. The molecule has 0 spiro atoms. The summed E-state index contributed by atoms with van der Waals surface area (Å²) in [5, 5.41) is 7.19. The second-order valence-corrected chi connectivity index (χ2v) is 6.10. The van der Waals surface area contributed by atoms with Crippen LogP contribution in [0.25, 0.3) is 0 Å². The van der Waals surface area contributed by atoms with Crippen molar-refractivity contribution in [2.75, 3.05) is 32.8 Å². The monoisotopic (exact) mass is 254 g/mol. The molecule has 106 valence electrons. The molecule has 0 aliphatic carbocycles. The van der Waals surface area contributed by atoms with Crippen molar-refractivity contribution < 1.29 is 4.74 Å². The third kappa shape index (κ3) is 4.22. The van der Waals surface area contributed by atoms with Crippen molar-refractivity contribution in [3.8, 4) is 0 Å². The fraction of sp³-hybridized carbons (Fsp3) is 1.00. The fourth-order valence-electron chi connectivity index (χ4n) is 3.49. The number of hydrogen-bond donors (Lipinski definition) is 2. The minimum absolute atomic E-state index is 0.535. The summed E-state index contributed by atoms with van der Waals surface area (Å²) >= 11 is 0. The van der Waals surface area contributed by atoms with Gasteiger partial charge in [0.05, 0.1) is 6.10 Å². The van der Waals surface area contributed by atoms with Crippen LogP contribution in [0.1, 0.15) is 51.9 Å². The highest BCUT2D eigenvalue weighted by atomic mass is 16.5. The smallest absolute Gasteiger partial charge is 0.0588 e.